The van der Waals surface area contributed by atoms with Crippen molar-refractivity contribution >= 4 is 5.91 Å². The molecule has 4 nitrogen and oxygen atoms in total. The van der Waals surface area contributed by atoms with E-state index in [1.165, 1.54) is 12.1 Å². The molecule has 0 N–H and O–H groups in total. The molecular formula is C19H24F2N2O2. The Morgan fingerprint density at radius 2 is 1.80 bits per heavy atom. The maximum Gasteiger partial charge on any atom is 0.257 e. The number of rotatable bonds is 2. The Morgan fingerprint density at radius 1 is 1.00 bits per heavy atom. The summed E-state index contributed by atoms with van der Waals surface area (Å²) in [5.74, 6) is -1.97. The normalized spacial score (nSPS) is 28.2. The average molecular weight is 350 g/mol. The predicted octanol–water partition coefficient (Wildman–Crippen LogP) is 2.68. The number of hydrogen-bond acceptors (Lipinski definition) is 3. The molecule has 0 spiro atoms. The van der Waals surface area contributed by atoms with Crippen LogP contribution in [0.3, 0.4) is 0 Å². The second-order valence-corrected chi connectivity index (χ2v) is 7.45. The molecule has 1 aromatic carbocycles. The number of hydrogen-bond donors (Lipinski definition) is 0. The van der Waals surface area contributed by atoms with Crippen LogP contribution < -0.4 is 0 Å². The lowest BCUT2D eigenvalue weighted by atomic mass is 9.94. The largest absolute Gasteiger partial charge is 0.381 e. The lowest BCUT2D eigenvalue weighted by molar-refractivity contribution is 0.0304. The standard InChI is InChI=1S/C19H24F2N2O2/c20-17-3-1-2-16(18(17)21)19(24)23-11-13-4-5-15(23)12-22(10-13)14-6-8-25-9-7-14/h1-3,13-15H,4-12H2/t13-,15+/m1/s1. The van der Waals surface area contributed by atoms with Crippen LogP contribution in [0, 0.1) is 17.6 Å². The fourth-order valence-corrected chi connectivity index (χ4v) is 4.54. The Morgan fingerprint density at radius 3 is 2.60 bits per heavy atom. The summed E-state index contributed by atoms with van der Waals surface area (Å²) in [6, 6.07) is 4.42. The van der Waals surface area contributed by atoms with Gasteiger partial charge >= 0.3 is 0 Å². The Kier molecular flexibility index (Phi) is 4.73. The van der Waals surface area contributed by atoms with Crippen molar-refractivity contribution in [2.24, 2.45) is 5.92 Å². The highest BCUT2D eigenvalue weighted by Crippen LogP contribution is 2.32. The van der Waals surface area contributed by atoms with Crippen LogP contribution in [0.15, 0.2) is 18.2 Å². The Hall–Kier alpha value is -1.53. The summed E-state index contributed by atoms with van der Waals surface area (Å²) in [4.78, 5) is 17.2. The number of benzene rings is 1. The van der Waals surface area contributed by atoms with E-state index in [-0.39, 0.29) is 17.5 Å². The summed E-state index contributed by atoms with van der Waals surface area (Å²) in [7, 11) is 0. The molecule has 0 radical (unpaired) electrons. The molecule has 25 heavy (non-hydrogen) atoms. The van der Waals surface area contributed by atoms with Gasteiger partial charge in [0.25, 0.3) is 5.91 Å². The third-order valence-corrected chi connectivity index (χ3v) is 5.89. The number of amides is 1. The number of carbonyl (C=O) groups excluding carboxylic acids is 1. The third kappa shape index (κ3) is 3.29. The van der Waals surface area contributed by atoms with Gasteiger partial charge in [0, 0.05) is 44.9 Å². The second kappa shape index (κ2) is 7.00. The number of ether oxygens (including phenoxy) is 1. The van der Waals surface area contributed by atoms with Crippen LogP contribution in [0.2, 0.25) is 0 Å². The van der Waals surface area contributed by atoms with Crippen molar-refractivity contribution in [2.45, 2.75) is 37.8 Å². The molecule has 4 aliphatic heterocycles. The SMILES string of the molecule is O=C(c1cccc(F)c1F)N1C[C@@H]2CC[C@H]1CN(C1CCOCC1)C2. The van der Waals surface area contributed by atoms with E-state index >= 15 is 0 Å². The minimum atomic E-state index is -1.03. The molecule has 5 rings (SSSR count). The first-order chi connectivity index (χ1) is 12.1. The van der Waals surface area contributed by atoms with Crippen molar-refractivity contribution in [3.05, 3.63) is 35.4 Å². The monoisotopic (exact) mass is 350 g/mol. The Balaban J connectivity index is 1.54. The van der Waals surface area contributed by atoms with Crippen LogP contribution in [-0.4, -0.2) is 60.6 Å². The zero-order valence-corrected chi connectivity index (χ0v) is 14.3. The van der Waals surface area contributed by atoms with Crippen molar-refractivity contribution < 1.29 is 18.3 Å². The van der Waals surface area contributed by atoms with Crippen molar-refractivity contribution in [1.82, 2.24) is 9.80 Å². The third-order valence-electron chi connectivity index (χ3n) is 5.89. The predicted molar refractivity (Wildman–Crippen MR) is 89.3 cm³/mol. The minimum absolute atomic E-state index is 0.0803. The summed E-state index contributed by atoms with van der Waals surface area (Å²) in [6.07, 6.45) is 4.10. The fraction of sp³-hybridized carbons (Fsp3) is 0.632. The van der Waals surface area contributed by atoms with Crippen LogP contribution in [0.25, 0.3) is 0 Å². The lowest BCUT2D eigenvalue weighted by Crippen LogP contribution is -2.48. The van der Waals surface area contributed by atoms with Crippen molar-refractivity contribution in [1.29, 1.82) is 0 Å². The van der Waals surface area contributed by atoms with Gasteiger partial charge in [-0.1, -0.05) is 6.07 Å². The van der Waals surface area contributed by atoms with Crippen LogP contribution in [0.4, 0.5) is 8.78 Å². The molecule has 136 valence electrons. The van der Waals surface area contributed by atoms with Crippen LogP contribution in [0.5, 0.6) is 0 Å². The van der Waals surface area contributed by atoms with Gasteiger partial charge in [-0.15, -0.1) is 0 Å². The van der Waals surface area contributed by atoms with Gasteiger partial charge in [-0.25, -0.2) is 8.78 Å². The molecule has 4 fully saturated rings. The maximum atomic E-state index is 14.1. The van der Waals surface area contributed by atoms with Gasteiger partial charge in [0.15, 0.2) is 11.6 Å². The van der Waals surface area contributed by atoms with E-state index in [0.717, 1.165) is 58.1 Å². The highest BCUT2D eigenvalue weighted by atomic mass is 19.2. The zero-order chi connectivity index (χ0) is 17.4. The molecule has 2 atom stereocenters. The number of piperidine rings is 1. The molecule has 2 bridgehead atoms. The average Bonchev–Trinajstić information content (AvgIpc) is 2.96. The van der Waals surface area contributed by atoms with E-state index in [0.29, 0.717) is 18.5 Å². The Bertz CT molecular complexity index is 648. The van der Waals surface area contributed by atoms with E-state index in [1.54, 1.807) is 4.90 Å². The van der Waals surface area contributed by atoms with Gasteiger partial charge in [0.1, 0.15) is 0 Å². The van der Waals surface area contributed by atoms with E-state index < -0.39 is 11.6 Å². The van der Waals surface area contributed by atoms with Gasteiger partial charge in [-0.3, -0.25) is 9.69 Å². The van der Waals surface area contributed by atoms with Gasteiger partial charge in [0.05, 0.1) is 5.56 Å². The van der Waals surface area contributed by atoms with Gasteiger partial charge in [0.2, 0.25) is 0 Å². The highest BCUT2D eigenvalue weighted by Gasteiger charge is 2.40. The molecule has 4 saturated heterocycles. The summed E-state index contributed by atoms with van der Waals surface area (Å²) < 4.78 is 33.0. The first kappa shape index (κ1) is 16.9. The quantitative estimate of drug-likeness (QED) is 0.822. The molecule has 0 aromatic heterocycles. The zero-order valence-electron chi connectivity index (χ0n) is 14.3. The molecule has 0 aliphatic carbocycles. The fourth-order valence-electron chi connectivity index (χ4n) is 4.54. The molecule has 4 heterocycles. The summed E-state index contributed by atoms with van der Waals surface area (Å²) in [5.41, 5.74) is -0.148. The first-order valence-corrected chi connectivity index (χ1v) is 9.20. The highest BCUT2D eigenvalue weighted by molar-refractivity contribution is 5.94. The van der Waals surface area contributed by atoms with E-state index in [9.17, 15) is 13.6 Å². The topological polar surface area (TPSA) is 32.8 Å². The van der Waals surface area contributed by atoms with E-state index in [1.807, 2.05) is 0 Å². The number of carbonyl (C=O) groups is 1. The van der Waals surface area contributed by atoms with Crippen molar-refractivity contribution in [3.63, 3.8) is 0 Å². The molecule has 4 aliphatic rings. The van der Waals surface area contributed by atoms with Crippen molar-refractivity contribution in [3.8, 4) is 0 Å². The van der Waals surface area contributed by atoms with Crippen LogP contribution in [0.1, 0.15) is 36.0 Å². The molecular weight excluding hydrogens is 326 g/mol. The molecule has 0 saturated carbocycles. The summed E-state index contributed by atoms with van der Waals surface area (Å²) >= 11 is 0. The first-order valence-electron chi connectivity index (χ1n) is 9.20. The van der Waals surface area contributed by atoms with Gasteiger partial charge < -0.3 is 9.64 Å². The molecule has 1 aromatic rings. The molecule has 6 heteroatoms. The maximum absolute atomic E-state index is 14.1. The summed E-state index contributed by atoms with van der Waals surface area (Å²) in [6.45, 7) is 4.04. The number of fused-ring (bicyclic) bond motifs is 4. The second-order valence-electron chi connectivity index (χ2n) is 7.45. The summed E-state index contributed by atoms with van der Waals surface area (Å²) in [5, 5.41) is 0. The van der Waals surface area contributed by atoms with Crippen LogP contribution in [-0.2, 0) is 4.74 Å². The molecule has 0 unspecified atom stereocenters. The smallest absolute Gasteiger partial charge is 0.257 e. The molecule has 1 amide bonds. The lowest BCUT2D eigenvalue weighted by Gasteiger charge is -2.37. The van der Waals surface area contributed by atoms with Crippen molar-refractivity contribution in [2.75, 3.05) is 32.8 Å². The van der Waals surface area contributed by atoms with E-state index in [4.69, 9.17) is 4.74 Å². The number of nitrogens with zero attached hydrogens (tertiary/aromatic N) is 2. The minimum Gasteiger partial charge on any atom is -0.381 e. The van der Waals surface area contributed by atoms with Crippen LogP contribution >= 0.6 is 0 Å². The van der Waals surface area contributed by atoms with E-state index in [2.05, 4.69) is 4.90 Å². The number of halogens is 2. The van der Waals surface area contributed by atoms with Gasteiger partial charge in [-0.05, 0) is 43.7 Å². The Labute approximate surface area is 146 Å². The van der Waals surface area contributed by atoms with Gasteiger partial charge in [-0.2, -0.15) is 0 Å².